The highest BCUT2D eigenvalue weighted by Gasteiger charge is 2.95. The van der Waals surface area contributed by atoms with Crippen LogP contribution >= 0.6 is 0 Å². The molecule has 0 unspecified atom stereocenters. The first kappa shape index (κ1) is 41.3. The molecule has 0 bridgehead atoms. The summed E-state index contributed by atoms with van der Waals surface area (Å²) in [6, 6.07) is 10.8. The van der Waals surface area contributed by atoms with Gasteiger partial charge in [0.1, 0.15) is 5.75 Å². The number of carbonyl (C=O) groups is 1. The molecule has 0 fully saturated rings. The Morgan fingerprint density at radius 2 is 0.980 bits per heavy atom. The van der Waals surface area contributed by atoms with Crippen molar-refractivity contribution in [1.82, 2.24) is 0 Å². The molecule has 0 aliphatic carbocycles. The van der Waals surface area contributed by atoms with Gasteiger partial charge >= 0.3 is 53.6 Å². The van der Waals surface area contributed by atoms with Gasteiger partial charge in [-0.3, -0.25) is 0 Å². The zero-order valence-corrected chi connectivity index (χ0v) is 24.3. The van der Waals surface area contributed by atoms with Gasteiger partial charge in [0.2, 0.25) is 0 Å². The molecule has 2 aromatic carbocycles. The van der Waals surface area contributed by atoms with Gasteiger partial charge in [0.05, 0.1) is 25.2 Å². The Bertz CT molecular complexity index is 1490. The van der Waals surface area contributed by atoms with Crippen LogP contribution in [0.3, 0.4) is 0 Å². The fraction of sp³-hybridized carbons (Fsp3) is 0.483. The van der Waals surface area contributed by atoms with Crippen molar-refractivity contribution in [2.45, 2.75) is 73.8 Å². The first-order valence-corrected chi connectivity index (χ1v) is 13.4. The molecule has 0 radical (unpaired) electrons. The lowest BCUT2D eigenvalue weighted by atomic mass is 9.88. The number of hydrogen-bond acceptors (Lipinski definition) is 3. The zero-order chi connectivity index (χ0) is 37.9. The van der Waals surface area contributed by atoms with Crippen LogP contribution in [0.25, 0.3) is 0 Å². The SMILES string of the molecule is CCCCOc1ccc(C#Cc2ccc(C(=O)OCCC(F)(F)C(F)(F)C(F)(F)C(F)(F)C(F)(F)C(F)(F)C(F)(F)C(F)(F)F)cc2)cc1. The maximum Gasteiger partial charge on any atom is 0.460 e. The van der Waals surface area contributed by atoms with Crippen LogP contribution in [0.15, 0.2) is 48.5 Å². The minimum atomic E-state index is -8.71. The number of ether oxygens (including phenoxy) is 2. The largest absolute Gasteiger partial charge is 0.494 e. The number of alkyl halides is 17. The van der Waals surface area contributed by atoms with E-state index < -0.39 is 72.2 Å². The molecule has 0 atom stereocenters. The number of hydrogen-bond donors (Lipinski definition) is 0. The average molecular weight is 740 g/mol. The lowest BCUT2D eigenvalue weighted by Crippen LogP contribution is -2.74. The van der Waals surface area contributed by atoms with E-state index in [1.807, 2.05) is 6.92 Å². The summed E-state index contributed by atoms with van der Waals surface area (Å²) in [6.45, 7) is 0.449. The van der Waals surface area contributed by atoms with E-state index in [0.29, 0.717) is 17.9 Å². The zero-order valence-electron chi connectivity index (χ0n) is 24.3. The first-order chi connectivity index (χ1) is 22.1. The summed E-state index contributed by atoms with van der Waals surface area (Å²) >= 11 is 0. The number of carbonyl (C=O) groups excluding carboxylic acids is 1. The summed E-state index contributed by atoms with van der Waals surface area (Å²) in [6.07, 6.45) is -8.94. The number of esters is 1. The molecule has 2 aromatic rings. The third-order valence-electron chi connectivity index (χ3n) is 6.53. The van der Waals surface area contributed by atoms with Crippen LogP contribution in [0.5, 0.6) is 5.75 Å². The average Bonchev–Trinajstić information content (AvgIpc) is 2.99. The van der Waals surface area contributed by atoms with Crippen LogP contribution in [-0.4, -0.2) is 66.8 Å². The molecular weight excluding hydrogens is 719 g/mol. The molecule has 0 spiro atoms. The normalized spacial score (nSPS) is 13.8. The fourth-order valence-electron chi connectivity index (χ4n) is 3.51. The van der Waals surface area contributed by atoms with Gasteiger partial charge in [-0.05, 0) is 55.0 Å². The molecule has 0 amide bonds. The standard InChI is InChI=1S/C29H21F17O3/c1-2-3-15-48-20-12-8-18(9-13-20)5-4-17-6-10-19(11-7-17)21(47)49-16-14-22(30,31)23(32,33)24(34,35)25(36,37)26(38,39)27(40,41)28(42,43)29(44,45)46/h6-13H,2-3,14-16H2,1H3. The number of halogens is 17. The number of rotatable bonds is 14. The first-order valence-electron chi connectivity index (χ1n) is 13.4. The van der Waals surface area contributed by atoms with E-state index in [-0.39, 0.29) is 5.56 Å². The Kier molecular flexibility index (Phi) is 11.9. The van der Waals surface area contributed by atoms with E-state index in [2.05, 4.69) is 16.6 Å². The Morgan fingerprint density at radius 1 is 0.571 bits per heavy atom. The summed E-state index contributed by atoms with van der Waals surface area (Å²) in [5.41, 5.74) is 0.284. The summed E-state index contributed by atoms with van der Waals surface area (Å²) in [7, 11) is 0. The van der Waals surface area contributed by atoms with E-state index in [9.17, 15) is 79.4 Å². The van der Waals surface area contributed by atoms with Crippen molar-refractivity contribution < 1.29 is 88.9 Å². The molecule has 49 heavy (non-hydrogen) atoms. The van der Waals surface area contributed by atoms with Crippen molar-refractivity contribution in [3.63, 3.8) is 0 Å². The van der Waals surface area contributed by atoms with Crippen molar-refractivity contribution in [2.24, 2.45) is 0 Å². The van der Waals surface area contributed by atoms with E-state index >= 15 is 0 Å². The third-order valence-corrected chi connectivity index (χ3v) is 6.53. The van der Waals surface area contributed by atoms with Crippen LogP contribution in [0.1, 0.15) is 47.7 Å². The van der Waals surface area contributed by atoms with Crippen molar-refractivity contribution in [3.8, 4) is 17.6 Å². The molecule has 0 aliphatic heterocycles. The Hall–Kier alpha value is -3.92. The van der Waals surface area contributed by atoms with Gasteiger partial charge in [0.25, 0.3) is 0 Å². The van der Waals surface area contributed by atoms with Crippen molar-refractivity contribution in [3.05, 3.63) is 65.2 Å². The Labute approximate surface area is 265 Å². The number of benzene rings is 2. The van der Waals surface area contributed by atoms with E-state index in [0.717, 1.165) is 25.0 Å². The van der Waals surface area contributed by atoms with Crippen LogP contribution in [0, 0.1) is 11.8 Å². The topological polar surface area (TPSA) is 35.5 Å². The second-order valence-electron chi connectivity index (χ2n) is 10.1. The maximum atomic E-state index is 14.0. The summed E-state index contributed by atoms with van der Waals surface area (Å²) < 4.78 is 237. The molecule has 0 saturated carbocycles. The molecule has 0 heterocycles. The summed E-state index contributed by atoms with van der Waals surface area (Å²) in [4.78, 5) is 12.1. The number of unbranched alkanes of at least 4 members (excludes halogenated alkanes) is 1. The predicted molar refractivity (Wildman–Crippen MR) is 135 cm³/mol. The minimum absolute atomic E-state index is 0.254. The monoisotopic (exact) mass is 740 g/mol. The van der Waals surface area contributed by atoms with Gasteiger partial charge < -0.3 is 9.47 Å². The van der Waals surface area contributed by atoms with E-state index in [1.54, 1.807) is 24.3 Å². The van der Waals surface area contributed by atoms with E-state index in [1.165, 1.54) is 12.1 Å². The maximum absolute atomic E-state index is 14.0. The molecule has 3 nitrogen and oxygen atoms in total. The molecule has 20 heteroatoms. The fourth-order valence-corrected chi connectivity index (χ4v) is 3.51. The highest BCUT2D eigenvalue weighted by molar-refractivity contribution is 5.89. The minimum Gasteiger partial charge on any atom is -0.494 e. The van der Waals surface area contributed by atoms with Crippen LogP contribution < -0.4 is 4.74 Å². The van der Waals surface area contributed by atoms with Crippen LogP contribution in [0.4, 0.5) is 74.6 Å². The van der Waals surface area contributed by atoms with Gasteiger partial charge in [-0.1, -0.05) is 25.2 Å². The second kappa shape index (κ2) is 14.1. The molecule has 2 rings (SSSR count). The molecular formula is C29H21F17O3. The van der Waals surface area contributed by atoms with Crippen molar-refractivity contribution >= 4 is 5.97 Å². The van der Waals surface area contributed by atoms with E-state index in [4.69, 9.17) is 4.74 Å². The lowest BCUT2D eigenvalue weighted by molar-refractivity contribution is -0.461. The van der Waals surface area contributed by atoms with Gasteiger partial charge in [0.15, 0.2) is 0 Å². The predicted octanol–water partition coefficient (Wildman–Crippen LogP) is 9.82. The van der Waals surface area contributed by atoms with Gasteiger partial charge in [-0.2, -0.15) is 74.6 Å². The van der Waals surface area contributed by atoms with Crippen LogP contribution in [0.2, 0.25) is 0 Å². The van der Waals surface area contributed by atoms with Gasteiger partial charge in [0, 0.05) is 11.1 Å². The third kappa shape index (κ3) is 7.79. The van der Waals surface area contributed by atoms with Gasteiger partial charge in [-0.15, -0.1) is 0 Å². The summed E-state index contributed by atoms with van der Waals surface area (Å²) in [5, 5.41) is 0. The molecule has 0 aliphatic rings. The molecule has 0 aromatic heterocycles. The van der Waals surface area contributed by atoms with Crippen molar-refractivity contribution in [1.29, 1.82) is 0 Å². The highest BCUT2D eigenvalue weighted by Crippen LogP contribution is 2.64. The summed E-state index contributed by atoms with van der Waals surface area (Å²) in [5.74, 6) is -52.7. The van der Waals surface area contributed by atoms with Crippen molar-refractivity contribution in [2.75, 3.05) is 13.2 Å². The quantitative estimate of drug-likeness (QED) is 0.0838. The second-order valence-corrected chi connectivity index (χ2v) is 10.1. The van der Waals surface area contributed by atoms with Gasteiger partial charge in [-0.25, -0.2) is 4.79 Å². The Morgan fingerprint density at radius 3 is 1.41 bits per heavy atom. The highest BCUT2D eigenvalue weighted by atomic mass is 19.4. The lowest BCUT2D eigenvalue weighted by Gasteiger charge is -2.42. The smallest absolute Gasteiger partial charge is 0.460 e. The Balaban J connectivity index is 2.13. The molecule has 0 saturated heterocycles. The molecule has 0 N–H and O–H groups in total. The van der Waals surface area contributed by atoms with Crippen LogP contribution in [-0.2, 0) is 4.74 Å². The molecule has 274 valence electrons.